The summed E-state index contributed by atoms with van der Waals surface area (Å²) in [5, 5.41) is 0. The van der Waals surface area contributed by atoms with Crippen molar-refractivity contribution in [2.45, 2.75) is 126 Å². The minimum absolute atomic E-state index is 0.0868. The maximum absolute atomic E-state index is 13.8. The summed E-state index contributed by atoms with van der Waals surface area (Å²) in [4.78, 5) is 0. The quantitative estimate of drug-likeness (QED) is 0.118. The molecule has 37 heavy (non-hydrogen) atoms. The van der Waals surface area contributed by atoms with Crippen LogP contribution < -0.4 is 0 Å². The van der Waals surface area contributed by atoms with Crippen LogP contribution in [0.15, 0.2) is 0 Å². The Labute approximate surface area is 203 Å². The molecule has 0 radical (unpaired) electrons. The summed E-state index contributed by atoms with van der Waals surface area (Å²) >= 11 is 0. The van der Waals surface area contributed by atoms with Gasteiger partial charge >= 0.3 is 41.7 Å². The standard InChI is InChI=1S/C21H28F16/c1-13(2)11-9-7-5-3-4-6-8-10-12-14(22)15(23,24)16(25,26)17(27,28)18(29,30)19(31,32)20(33,34)21(35,36)37/h13-14H,3-12H2,1-2H3. The van der Waals surface area contributed by atoms with E-state index in [0.29, 0.717) is 18.8 Å². The van der Waals surface area contributed by atoms with Gasteiger partial charge in [0.2, 0.25) is 0 Å². The zero-order valence-electron chi connectivity index (χ0n) is 19.8. The first-order chi connectivity index (χ1) is 16.3. The molecule has 224 valence electrons. The SMILES string of the molecule is CC(C)CCCCCCCCCCC(F)C(F)(F)C(F)(F)C(F)(F)C(F)(F)C(F)(F)C(F)(F)C(F)(F)F. The summed E-state index contributed by atoms with van der Waals surface area (Å²) in [6, 6.07) is 0. The number of hydrogen-bond donors (Lipinski definition) is 0. The zero-order chi connectivity index (χ0) is 29.7. The fraction of sp³-hybridized carbons (Fsp3) is 1.00. The number of unbranched alkanes of at least 4 members (excludes halogenated alkanes) is 7. The summed E-state index contributed by atoms with van der Waals surface area (Å²) < 4.78 is 211. The van der Waals surface area contributed by atoms with E-state index in [1.165, 1.54) is 0 Å². The van der Waals surface area contributed by atoms with Gasteiger partial charge in [-0.05, 0) is 12.3 Å². The fourth-order valence-corrected chi connectivity index (χ4v) is 3.29. The molecule has 0 spiro atoms. The lowest BCUT2D eigenvalue weighted by Gasteiger charge is -2.42. The molecule has 0 rings (SSSR count). The molecular weight excluding hydrogens is 556 g/mol. The summed E-state index contributed by atoms with van der Waals surface area (Å²) in [6.45, 7) is 4.07. The summed E-state index contributed by atoms with van der Waals surface area (Å²) in [7, 11) is 0. The van der Waals surface area contributed by atoms with Gasteiger partial charge in [0.15, 0.2) is 6.17 Å². The number of hydrogen-bond acceptors (Lipinski definition) is 0. The minimum Gasteiger partial charge on any atom is -0.241 e. The molecule has 0 aliphatic rings. The third-order valence-electron chi connectivity index (χ3n) is 5.73. The predicted octanol–water partition coefficient (Wildman–Crippen LogP) is 10.3. The highest BCUT2D eigenvalue weighted by atomic mass is 19.4. The molecule has 0 N–H and O–H groups in total. The molecule has 0 aliphatic carbocycles. The molecule has 0 aliphatic heterocycles. The van der Waals surface area contributed by atoms with Crippen LogP contribution in [-0.4, -0.2) is 47.9 Å². The molecule has 0 bridgehead atoms. The number of alkyl halides is 16. The van der Waals surface area contributed by atoms with Gasteiger partial charge in [0.25, 0.3) is 0 Å². The van der Waals surface area contributed by atoms with Crippen molar-refractivity contribution in [3.63, 3.8) is 0 Å². The van der Waals surface area contributed by atoms with Crippen LogP contribution in [0.3, 0.4) is 0 Å². The van der Waals surface area contributed by atoms with E-state index in [2.05, 4.69) is 0 Å². The highest BCUT2D eigenvalue weighted by molar-refractivity contribution is 5.14. The second-order valence-electron chi connectivity index (χ2n) is 9.26. The minimum atomic E-state index is -8.39. The first-order valence-electron chi connectivity index (χ1n) is 11.3. The van der Waals surface area contributed by atoms with E-state index in [9.17, 15) is 70.2 Å². The third kappa shape index (κ3) is 7.30. The number of rotatable bonds is 17. The van der Waals surface area contributed by atoms with E-state index in [0.717, 1.165) is 25.7 Å². The van der Waals surface area contributed by atoms with Gasteiger partial charge in [-0.15, -0.1) is 0 Å². The topological polar surface area (TPSA) is 0 Å². The third-order valence-corrected chi connectivity index (χ3v) is 5.73. The van der Waals surface area contributed by atoms with Crippen molar-refractivity contribution in [2.75, 3.05) is 0 Å². The van der Waals surface area contributed by atoms with Crippen LogP contribution in [0.1, 0.15) is 78.1 Å². The molecule has 1 atom stereocenters. The lowest BCUT2D eigenvalue weighted by Crippen LogP contribution is -2.73. The Hall–Kier alpha value is -1.12. The van der Waals surface area contributed by atoms with Crippen LogP contribution in [0.2, 0.25) is 0 Å². The first-order valence-corrected chi connectivity index (χ1v) is 11.3. The van der Waals surface area contributed by atoms with Crippen LogP contribution in [0.4, 0.5) is 70.2 Å². The second kappa shape index (κ2) is 12.4. The van der Waals surface area contributed by atoms with E-state index >= 15 is 0 Å². The van der Waals surface area contributed by atoms with Crippen LogP contribution in [0, 0.1) is 5.92 Å². The molecule has 0 amide bonds. The highest BCUT2D eigenvalue weighted by Crippen LogP contribution is 2.63. The molecule has 16 heteroatoms. The Morgan fingerprint density at radius 2 is 0.703 bits per heavy atom. The Morgan fingerprint density at radius 1 is 0.405 bits per heavy atom. The Morgan fingerprint density at radius 3 is 1.05 bits per heavy atom. The van der Waals surface area contributed by atoms with Crippen molar-refractivity contribution < 1.29 is 70.2 Å². The fourth-order valence-electron chi connectivity index (χ4n) is 3.29. The highest BCUT2D eigenvalue weighted by Gasteiger charge is 2.93. The predicted molar refractivity (Wildman–Crippen MR) is 102 cm³/mol. The maximum atomic E-state index is 13.8. The van der Waals surface area contributed by atoms with Crippen LogP contribution >= 0.6 is 0 Å². The summed E-state index contributed by atoms with van der Waals surface area (Å²) in [5.74, 6) is -47.1. The van der Waals surface area contributed by atoms with Gasteiger partial charge in [0.1, 0.15) is 0 Å². The summed E-state index contributed by atoms with van der Waals surface area (Å²) in [6.07, 6.45) is -9.22. The van der Waals surface area contributed by atoms with Crippen LogP contribution in [0.5, 0.6) is 0 Å². The average molecular weight is 584 g/mol. The van der Waals surface area contributed by atoms with Crippen molar-refractivity contribution in [2.24, 2.45) is 5.92 Å². The van der Waals surface area contributed by atoms with Gasteiger partial charge in [0.05, 0.1) is 0 Å². The molecule has 0 aromatic carbocycles. The van der Waals surface area contributed by atoms with Crippen LogP contribution in [-0.2, 0) is 0 Å². The van der Waals surface area contributed by atoms with E-state index in [4.69, 9.17) is 0 Å². The van der Waals surface area contributed by atoms with Gasteiger partial charge in [-0.25, -0.2) is 4.39 Å². The molecule has 1 unspecified atom stereocenters. The smallest absolute Gasteiger partial charge is 0.241 e. The number of halogens is 16. The van der Waals surface area contributed by atoms with E-state index in [1.54, 1.807) is 0 Å². The molecule has 0 saturated heterocycles. The van der Waals surface area contributed by atoms with Crippen molar-refractivity contribution in [3.05, 3.63) is 0 Å². The summed E-state index contributed by atoms with van der Waals surface area (Å²) in [5.41, 5.74) is 0. The van der Waals surface area contributed by atoms with Crippen molar-refractivity contribution >= 4 is 0 Å². The Kier molecular flexibility index (Phi) is 12.0. The Balaban J connectivity index is 5.28. The van der Waals surface area contributed by atoms with Crippen LogP contribution in [0.25, 0.3) is 0 Å². The Bertz CT molecular complexity index is 681. The molecule has 0 aromatic heterocycles. The molecule has 0 fully saturated rings. The van der Waals surface area contributed by atoms with E-state index in [-0.39, 0.29) is 12.8 Å². The molecule has 0 nitrogen and oxygen atoms in total. The largest absolute Gasteiger partial charge is 0.460 e. The van der Waals surface area contributed by atoms with Gasteiger partial charge in [-0.2, -0.15) is 65.9 Å². The van der Waals surface area contributed by atoms with E-state index in [1.807, 2.05) is 13.8 Å². The normalized spacial score (nSPS) is 16.0. The second-order valence-corrected chi connectivity index (χ2v) is 9.26. The monoisotopic (exact) mass is 584 g/mol. The molecular formula is C21H28F16. The lowest BCUT2D eigenvalue weighted by molar-refractivity contribution is -0.454. The van der Waals surface area contributed by atoms with Crippen molar-refractivity contribution in [1.29, 1.82) is 0 Å². The van der Waals surface area contributed by atoms with Gasteiger partial charge in [0, 0.05) is 0 Å². The van der Waals surface area contributed by atoms with Crippen molar-refractivity contribution in [1.82, 2.24) is 0 Å². The maximum Gasteiger partial charge on any atom is 0.460 e. The van der Waals surface area contributed by atoms with Gasteiger partial charge in [-0.1, -0.05) is 71.6 Å². The lowest BCUT2D eigenvalue weighted by atomic mass is 9.88. The van der Waals surface area contributed by atoms with Gasteiger partial charge < -0.3 is 0 Å². The van der Waals surface area contributed by atoms with E-state index < -0.39 is 60.7 Å². The molecule has 0 saturated carbocycles. The molecule has 0 heterocycles. The van der Waals surface area contributed by atoms with Crippen molar-refractivity contribution in [3.8, 4) is 0 Å². The zero-order valence-corrected chi connectivity index (χ0v) is 19.8. The average Bonchev–Trinajstić information content (AvgIpc) is 2.72. The molecule has 0 aromatic rings. The first kappa shape index (κ1) is 35.9. The van der Waals surface area contributed by atoms with Gasteiger partial charge in [-0.3, -0.25) is 0 Å².